The molecular weight excluding hydrogens is 497 g/mol. The Bertz CT molecular complexity index is 1270. The molecule has 2 aromatic heterocycles. The van der Waals surface area contributed by atoms with Crippen molar-refractivity contribution in [1.82, 2.24) is 14.9 Å². The van der Waals surface area contributed by atoms with Crippen LogP contribution in [0, 0.1) is 0 Å². The predicted octanol–water partition coefficient (Wildman–Crippen LogP) is 5.61. The SMILES string of the molecule is CC(O)c1cc(-c2nccs2)c2oc(N3CC4CCC(C3)N4C(=O)OC(C)(C)C)nc2c1C(F)(F)F. The van der Waals surface area contributed by atoms with E-state index in [1.807, 2.05) is 0 Å². The van der Waals surface area contributed by atoms with Gasteiger partial charge in [0.2, 0.25) is 0 Å². The van der Waals surface area contributed by atoms with E-state index in [9.17, 15) is 23.1 Å². The van der Waals surface area contributed by atoms with Crippen LogP contribution < -0.4 is 4.90 Å². The number of hydrogen-bond donors (Lipinski definition) is 1. The van der Waals surface area contributed by atoms with Crippen LogP contribution in [0.3, 0.4) is 0 Å². The molecule has 3 atom stereocenters. The molecule has 8 nitrogen and oxygen atoms in total. The Morgan fingerprint density at radius 1 is 1.25 bits per heavy atom. The summed E-state index contributed by atoms with van der Waals surface area (Å²) in [4.78, 5) is 24.9. The average molecular weight is 525 g/mol. The Morgan fingerprint density at radius 2 is 1.92 bits per heavy atom. The van der Waals surface area contributed by atoms with Crippen LogP contribution in [-0.2, 0) is 10.9 Å². The molecule has 2 saturated heterocycles. The first-order valence-electron chi connectivity index (χ1n) is 11.7. The molecule has 36 heavy (non-hydrogen) atoms. The molecule has 0 spiro atoms. The minimum atomic E-state index is -4.76. The molecule has 0 aliphatic carbocycles. The van der Waals surface area contributed by atoms with Crippen molar-refractivity contribution in [3.63, 3.8) is 0 Å². The van der Waals surface area contributed by atoms with Gasteiger partial charge in [0, 0.05) is 24.7 Å². The number of anilines is 1. The van der Waals surface area contributed by atoms with Crippen LogP contribution in [-0.4, -0.2) is 56.8 Å². The third-order valence-electron chi connectivity index (χ3n) is 6.44. The largest absolute Gasteiger partial charge is 0.444 e. The van der Waals surface area contributed by atoms with E-state index in [0.717, 1.165) is 12.8 Å². The van der Waals surface area contributed by atoms with E-state index in [4.69, 9.17) is 9.15 Å². The summed E-state index contributed by atoms with van der Waals surface area (Å²) in [5, 5.41) is 12.4. The first-order valence-corrected chi connectivity index (χ1v) is 12.6. The van der Waals surface area contributed by atoms with E-state index in [2.05, 4.69) is 9.97 Å². The van der Waals surface area contributed by atoms with Gasteiger partial charge in [-0.05, 0) is 52.2 Å². The van der Waals surface area contributed by atoms with Crippen LogP contribution in [0.15, 0.2) is 22.1 Å². The van der Waals surface area contributed by atoms with E-state index in [1.165, 1.54) is 24.3 Å². The van der Waals surface area contributed by atoms with Gasteiger partial charge >= 0.3 is 12.3 Å². The Morgan fingerprint density at radius 3 is 2.44 bits per heavy atom. The van der Waals surface area contributed by atoms with E-state index in [-0.39, 0.29) is 40.9 Å². The van der Waals surface area contributed by atoms with Crippen molar-refractivity contribution in [3.05, 3.63) is 28.8 Å². The zero-order valence-electron chi connectivity index (χ0n) is 20.3. The number of amides is 1. The van der Waals surface area contributed by atoms with Crippen LogP contribution >= 0.6 is 11.3 Å². The van der Waals surface area contributed by atoms with Gasteiger partial charge in [0.15, 0.2) is 5.58 Å². The third kappa shape index (κ3) is 4.40. The topological polar surface area (TPSA) is 91.9 Å². The highest BCUT2D eigenvalue weighted by atomic mass is 32.1. The number of benzene rings is 1. The van der Waals surface area contributed by atoms with E-state index < -0.39 is 23.4 Å². The standard InChI is InChI=1S/C24H27F3N4O4S/c1-12(32)15-9-16(20-28-7-8-36-20)19-18(17(15)24(25,26)27)29-21(34-19)30-10-13-5-6-14(11-30)31(13)22(33)35-23(2,3)4/h7-9,12-14,32H,5-6,10-11H2,1-4H3. The summed E-state index contributed by atoms with van der Waals surface area (Å²) in [6.07, 6.45) is -3.46. The van der Waals surface area contributed by atoms with Gasteiger partial charge in [-0.2, -0.15) is 18.2 Å². The maximum Gasteiger partial charge on any atom is 0.418 e. The number of halogens is 3. The number of aliphatic hydroxyl groups excluding tert-OH is 1. The van der Waals surface area contributed by atoms with Crippen molar-refractivity contribution in [2.24, 2.45) is 0 Å². The van der Waals surface area contributed by atoms with Crippen molar-refractivity contribution < 1.29 is 32.2 Å². The normalized spacial score (nSPS) is 21.3. The van der Waals surface area contributed by atoms with Crippen molar-refractivity contribution >= 4 is 34.5 Å². The van der Waals surface area contributed by atoms with Crippen LogP contribution in [0.4, 0.5) is 24.0 Å². The summed E-state index contributed by atoms with van der Waals surface area (Å²) in [6.45, 7) is 7.43. The molecule has 2 aliphatic heterocycles. The first kappa shape index (κ1) is 24.8. The number of aliphatic hydroxyl groups is 1. The quantitative estimate of drug-likeness (QED) is 0.476. The van der Waals surface area contributed by atoms with Gasteiger partial charge in [0.25, 0.3) is 6.01 Å². The van der Waals surface area contributed by atoms with Crippen LogP contribution in [0.25, 0.3) is 21.7 Å². The summed E-state index contributed by atoms with van der Waals surface area (Å²) in [7, 11) is 0. The maximum absolute atomic E-state index is 14.2. The number of thiazole rings is 1. The summed E-state index contributed by atoms with van der Waals surface area (Å²) < 4.78 is 54.2. The lowest BCUT2D eigenvalue weighted by molar-refractivity contribution is -0.137. The molecule has 194 valence electrons. The minimum absolute atomic E-state index is 0.0291. The number of hydrogen-bond acceptors (Lipinski definition) is 8. The molecular formula is C24H27F3N4O4S. The van der Waals surface area contributed by atoms with Gasteiger partial charge in [0.05, 0.1) is 29.3 Å². The number of nitrogens with zero attached hydrogens (tertiary/aromatic N) is 4. The van der Waals surface area contributed by atoms with Crippen molar-refractivity contribution in [1.29, 1.82) is 0 Å². The number of carbonyl (C=O) groups is 1. The number of fused-ring (bicyclic) bond motifs is 3. The van der Waals surface area contributed by atoms with Gasteiger partial charge in [0.1, 0.15) is 16.1 Å². The lowest BCUT2D eigenvalue weighted by Crippen LogP contribution is -2.56. The highest BCUT2D eigenvalue weighted by Gasteiger charge is 2.46. The number of piperazine rings is 1. The average Bonchev–Trinajstić information content (AvgIpc) is 3.48. The third-order valence-corrected chi connectivity index (χ3v) is 7.25. The van der Waals surface area contributed by atoms with Gasteiger partial charge < -0.3 is 19.2 Å². The molecule has 12 heteroatoms. The number of oxazole rings is 1. The molecule has 5 rings (SSSR count). The van der Waals surface area contributed by atoms with Gasteiger partial charge in [-0.25, -0.2) is 9.78 Å². The summed E-state index contributed by atoms with van der Waals surface area (Å²) in [5.41, 5.74) is -1.97. The molecule has 2 fully saturated rings. The summed E-state index contributed by atoms with van der Waals surface area (Å²) in [5.74, 6) is 0. The second-order valence-corrected chi connectivity index (χ2v) is 11.1. The molecule has 0 radical (unpaired) electrons. The van der Waals surface area contributed by atoms with Crippen molar-refractivity contribution in [2.75, 3.05) is 18.0 Å². The van der Waals surface area contributed by atoms with Crippen molar-refractivity contribution in [3.8, 4) is 10.6 Å². The highest BCUT2D eigenvalue weighted by Crippen LogP contribution is 2.45. The fourth-order valence-electron chi connectivity index (χ4n) is 5.04. The molecule has 1 amide bonds. The molecule has 1 N–H and O–H groups in total. The van der Waals surface area contributed by atoms with Crippen LogP contribution in [0.2, 0.25) is 0 Å². The van der Waals surface area contributed by atoms with Crippen molar-refractivity contribution in [2.45, 2.75) is 70.5 Å². The Balaban J connectivity index is 1.56. The molecule has 3 aromatic rings. The second kappa shape index (κ2) is 8.62. The zero-order chi connectivity index (χ0) is 26.0. The summed E-state index contributed by atoms with van der Waals surface area (Å²) in [6, 6.07) is 1.01. The highest BCUT2D eigenvalue weighted by molar-refractivity contribution is 7.13. The second-order valence-electron chi connectivity index (χ2n) is 10.3. The van der Waals surface area contributed by atoms with Crippen LogP contribution in [0.5, 0.6) is 0 Å². The summed E-state index contributed by atoms with van der Waals surface area (Å²) >= 11 is 1.25. The molecule has 3 unspecified atom stereocenters. The molecule has 2 aliphatic rings. The van der Waals surface area contributed by atoms with E-state index in [1.54, 1.807) is 42.1 Å². The van der Waals surface area contributed by atoms with Gasteiger partial charge in [-0.15, -0.1) is 11.3 Å². The number of ether oxygens (including phenoxy) is 1. The molecule has 4 heterocycles. The van der Waals surface area contributed by atoms with E-state index in [0.29, 0.717) is 23.7 Å². The van der Waals surface area contributed by atoms with Gasteiger partial charge in [-0.1, -0.05) is 0 Å². The monoisotopic (exact) mass is 524 g/mol. The first-order chi connectivity index (χ1) is 16.8. The Kier molecular flexibility index (Phi) is 5.94. The number of rotatable bonds is 3. The lowest BCUT2D eigenvalue weighted by atomic mass is 9.98. The zero-order valence-corrected chi connectivity index (χ0v) is 21.1. The number of alkyl halides is 3. The molecule has 0 saturated carbocycles. The Labute approximate surface area is 209 Å². The smallest absolute Gasteiger partial charge is 0.418 e. The fraction of sp³-hybridized carbons (Fsp3) is 0.542. The Hall–Kier alpha value is -2.86. The fourth-order valence-corrected chi connectivity index (χ4v) is 5.69. The number of aromatic nitrogens is 2. The van der Waals surface area contributed by atoms with E-state index >= 15 is 0 Å². The van der Waals surface area contributed by atoms with Gasteiger partial charge in [-0.3, -0.25) is 4.90 Å². The minimum Gasteiger partial charge on any atom is -0.444 e. The molecule has 2 bridgehead atoms. The van der Waals surface area contributed by atoms with Crippen LogP contribution in [0.1, 0.15) is 57.8 Å². The molecule has 1 aromatic carbocycles. The predicted molar refractivity (Wildman–Crippen MR) is 128 cm³/mol. The lowest BCUT2D eigenvalue weighted by Gasteiger charge is -2.40. The maximum atomic E-state index is 14.2. The number of carbonyl (C=O) groups excluding carboxylic acids is 1.